The molecular formula is C10H11F4NO. The number of ether oxygens (including phenoxy) is 1. The van der Waals surface area contributed by atoms with Crippen molar-refractivity contribution in [2.24, 2.45) is 0 Å². The van der Waals surface area contributed by atoms with Crippen LogP contribution in [0.15, 0.2) is 18.2 Å². The third-order valence-electron chi connectivity index (χ3n) is 1.93. The van der Waals surface area contributed by atoms with Gasteiger partial charge in [-0.1, -0.05) is 0 Å². The molecule has 0 amide bonds. The summed E-state index contributed by atoms with van der Waals surface area (Å²) in [6.07, 6.45) is -6.44. The summed E-state index contributed by atoms with van der Waals surface area (Å²) in [5.74, 6) is -0.814. The van der Waals surface area contributed by atoms with Crippen molar-refractivity contribution in [1.82, 2.24) is 0 Å². The summed E-state index contributed by atoms with van der Waals surface area (Å²) in [7, 11) is 1.53. The molecule has 90 valence electrons. The molecule has 1 unspecified atom stereocenters. The van der Waals surface area contributed by atoms with Crippen molar-refractivity contribution in [1.29, 1.82) is 0 Å². The molecule has 0 fully saturated rings. The van der Waals surface area contributed by atoms with Gasteiger partial charge in [0.25, 0.3) is 0 Å². The van der Waals surface area contributed by atoms with Crippen molar-refractivity contribution >= 4 is 5.69 Å². The number of halogens is 4. The fourth-order valence-electron chi connectivity index (χ4n) is 1.05. The summed E-state index contributed by atoms with van der Waals surface area (Å²) < 4.78 is 54.1. The summed E-state index contributed by atoms with van der Waals surface area (Å²) in [5.41, 5.74) is 0.351. The second-order valence-corrected chi connectivity index (χ2v) is 3.23. The lowest BCUT2D eigenvalue weighted by Crippen LogP contribution is -2.31. The van der Waals surface area contributed by atoms with E-state index in [2.05, 4.69) is 10.1 Å². The molecule has 0 saturated carbocycles. The van der Waals surface area contributed by atoms with Crippen molar-refractivity contribution in [3.63, 3.8) is 0 Å². The van der Waals surface area contributed by atoms with Gasteiger partial charge in [-0.25, -0.2) is 4.39 Å². The Bertz CT molecular complexity index is 364. The Labute approximate surface area is 90.2 Å². The fourth-order valence-corrected chi connectivity index (χ4v) is 1.05. The van der Waals surface area contributed by atoms with Crippen LogP contribution in [0.1, 0.15) is 6.92 Å². The third kappa shape index (κ3) is 3.29. The number of hydrogen-bond acceptors (Lipinski definition) is 2. The lowest BCUT2D eigenvalue weighted by atomic mass is 10.3. The summed E-state index contributed by atoms with van der Waals surface area (Å²) >= 11 is 0. The molecule has 1 atom stereocenters. The second kappa shape index (κ2) is 4.59. The van der Waals surface area contributed by atoms with Crippen LogP contribution >= 0.6 is 0 Å². The molecule has 0 aliphatic rings. The van der Waals surface area contributed by atoms with E-state index in [4.69, 9.17) is 0 Å². The van der Waals surface area contributed by atoms with Gasteiger partial charge in [0.15, 0.2) is 6.10 Å². The molecule has 0 heterocycles. The molecule has 0 aromatic heterocycles. The molecule has 0 bridgehead atoms. The zero-order chi connectivity index (χ0) is 12.3. The number of anilines is 1. The van der Waals surface area contributed by atoms with Crippen LogP contribution in [0, 0.1) is 5.82 Å². The predicted molar refractivity (Wildman–Crippen MR) is 52.1 cm³/mol. The zero-order valence-corrected chi connectivity index (χ0v) is 8.73. The topological polar surface area (TPSA) is 21.3 Å². The monoisotopic (exact) mass is 237 g/mol. The van der Waals surface area contributed by atoms with Crippen LogP contribution in [-0.2, 0) is 0 Å². The Morgan fingerprint density at radius 2 is 1.88 bits per heavy atom. The molecule has 16 heavy (non-hydrogen) atoms. The molecule has 0 radical (unpaired) electrons. The minimum Gasteiger partial charge on any atom is -0.481 e. The molecule has 1 aromatic rings. The number of rotatable bonds is 3. The van der Waals surface area contributed by atoms with Gasteiger partial charge in [-0.05, 0) is 13.0 Å². The largest absolute Gasteiger partial charge is 0.481 e. The zero-order valence-electron chi connectivity index (χ0n) is 8.73. The molecule has 1 rings (SSSR count). The van der Waals surface area contributed by atoms with Crippen LogP contribution in [0.2, 0.25) is 0 Å². The second-order valence-electron chi connectivity index (χ2n) is 3.23. The van der Waals surface area contributed by atoms with E-state index >= 15 is 0 Å². The highest BCUT2D eigenvalue weighted by Crippen LogP contribution is 2.27. The fraction of sp³-hybridized carbons (Fsp3) is 0.400. The van der Waals surface area contributed by atoms with Crippen molar-refractivity contribution < 1.29 is 22.3 Å². The average molecular weight is 237 g/mol. The summed E-state index contributed by atoms with van der Waals surface area (Å²) in [5, 5.41) is 2.62. The van der Waals surface area contributed by atoms with E-state index < -0.39 is 18.1 Å². The van der Waals surface area contributed by atoms with E-state index in [9.17, 15) is 17.6 Å². The maximum Gasteiger partial charge on any atom is 0.425 e. The standard InChI is InChI=1S/C10H11F4NO/c1-6(10(12,13)14)16-9-4-7(11)3-8(5-9)15-2/h3-6,15H,1-2H3. The van der Waals surface area contributed by atoms with Crippen LogP contribution < -0.4 is 10.1 Å². The number of hydrogen-bond donors (Lipinski definition) is 1. The maximum atomic E-state index is 13.0. The lowest BCUT2D eigenvalue weighted by molar-refractivity contribution is -0.189. The summed E-state index contributed by atoms with van der Waals surface area (Å²) in [6.45, 7) is 0.865. The normalized spacial score (nSPS) is 13.4. The van der Waals surface area contributed by atoms with Crippen molar-refractivity contribution in [3.05, 3.63) is 24.0 Å². The maximum absolute atomic E-state index is 13.0. The van der Waals surface area contributed by atoms with Crippen LogP contribution in [-0.4, -0.2) is 19.3 Å². The van der Waals surface area contributed by atoms with Gasteiger partial charge in [-0.15, -0.1) is 0 Å². The van der Waals surface area contributed by atoms with Crippen LogP contribution in [0.5, 0.6) is 5.75 Å². The van der Waals surface area contributed by atoms with Gasteiger partial charge in [-0.3, -0.25) is 0 Å². The van der Waals surface area contributed by atoms with Gasteiger partial charge in [0, 0.05) is 24.9 Å². The van der Waals surface area contributed by atoms with E-state index in [-0.39, 0.29) is 5.75 Å². The molecule has 6 heteroatoms. The van der Waals surface area contributed by atoms with Gasteiger partial charge in [0.2, 0.25) is 0 Å². The Hall–Kier alpha value is -1.46. The van der Waals surface area contributed by atoms with E-state index in [1.165, 1.54) is 13.1 Å². The molecule has 1 N–H and O–H groups in total. The Morgan fingerprint density at radius 3 is 2.38 bits per heavy atom. The summed E-state index contributed by atoms with van der Waals surface area (Å²) in [6, 6.07) is 3.36. The Kier molecular flexibility index (Phi) is 3.62. The Balaban J connectivity index is 2.85. The number of nitrogens with one attached hydrogen (secondary N) is 1. The quantitative estimate of drug-likeness (QED) is 0.815. The lowest BCUT2D eigenvalue weighted by Gasteiger charge is -2.18. The highest BCUT2D eigenvalue weighted by atomic mass is 19.4. The molecular weight excluding hydrogens is 226 g/mol. The van der Waals surface area contributed by atoms with Crippen LogP contribution in [0.4, 0.5) is 23.2 Å². The highest BCUT2D eigenvalue weighted by molar-refractivity contribution is 5.48. The number of benzene rings is 1. The van der Waals surface area contributed by atoms with E-state index in [1.54, 1.807) is 0 Å². The smallest absolute Gasteiger partial charge is 0.425 e. The molecule has 1 aromatic carbocycles. The van der Waals surface area contributed by atoms with E-state index in [1.807, 2.05) is 0 Å². The van der Waals surface area contributed by atoms with Gasteiger partial charge >= 0.3 is 6.18 Å². The van der Waals surface area contributed by atoms with Crippen molar-refractivity contribution in [2.45, 2.75) is 19.2 Å². The first-order chi connectivity index (χ1) is 7.32. The molecule has 0 saturated heterocycles. The highest BCUT2D eigenvalue weighted by Gasteiger charge is 2.38. The predicted octanol–water partition coefficient (Wildman–Crippen LogP) is 3.20. The number of alkyl halides is 3. The van der Waals surface area contributed by atoms with Crippen LogP contribution in [0.3, 0.4) is 0 Å². The molecule has 0 aliphatic carbocycles. The summed E-state index contributed by atoms with van der Waals surface area (Å²) in [4.78, 5) is 0. The van der Waals surface area contributed by atoms with E-state index in [0.29, 0.717) is 5.69 Å². The first-order valence-corrected chi connectivity index (χ1v) is 4.54. The van der Waals surface area contributed by atoms with Gasteiger partial charge < -0.3 is 10.1 Å². The minimum atomic E-state index is -4.47. The SMILES string of the molecule is CNc1cc(F)cc(OC(C)C(F)(F)F)c1. The van der Waals surface area contributed by atoms with Gasteiger partial charge in [0.05, 0.1) is 0 Å². The van der Waals surface area contributed by atoms with Gasteiger partial charge in [-0.2, -0.15) is 13.2 Å². The average Bonchev–Trinajstić information content (AvgIpc) is 2.15. The first kappa shape index (κ1) is 12.6. The van der Waals surface area contributed by atoms with Crippen LogP contribution in [0.25, 0.3) is 0 Å². The minimum absolute atomic E-state index is 0.158. The van der Waals surface area contributed by atoms with Crippen molar-refractivity contribution in [2.75, 3.05) is 12.4 Å². The first-order valence-electron chi connectivity index (χ1n) is 4.54. The Morgan fingerprint density at radius 1 is 1.25 bits per heavy atom. The van der Waals surface area contributed by atoms with Crippen molar-refractivity contribution in [3.8, 4) is 5.75 Å². The molecule has 2 nitrogen and oxygen atoms in total. The molecule has 0 aliphatic heterocycles. The third-order valence-corrected chi connectivity index (χ3v) is 1.93. The van der Waals surface area contributed by atoms with Gasteiger partial charge in [0.1, 0.15) is 11.6 Å². The molecule has 0 spiro atoms. The van der Waals surface area contributed by atoms with E-state index in [0.717, 1.165) is 19.1 Å².